The quantitative estimate of drug-likeness (QED) is 0.714. The minimum absolute atomic E-state index is 0.278. The van der Waals surface area contributed by atoms with Crippen molar-refractivity contribution in [2.45, 2.75) is 44.9 Å². The van der Waals surface area contributed by atoms with Gasteiger partial charge in [0, 0.05) is 17.0 Å². The minimum atomic E-state index is -0.278. The number of allylic oxidation sites excluding steroid dienone is 1. The molecule has 0 spiro atoms. The number of nitrogens with zero attached hydrogens (tertiary/aromatic N) is 1. The SMILES string of the molecule is NC(=O)C1=C(N=C2CCCC2)CCC1. The van der Waals surface area contributed by atoms with Crippen LogP contribution in [0.3, 0.4) is 0 Å². The molecule has 2 aliphatic rings. The van der Waals surface area contributed by atoms with Gasteiger partial charge in [-0.1, -0.05) is 0 Å². The van der Waals surface area contributed by atoms with Crippen LogP contribution in [0.15, 0.2) is 16.3 Å². The summed E-state index contributed by atoms with van der Waals surface area (Å²) in [4.78, 5) is 15.7. The predicted molar refractivity (Wildman–Crippen MR) is 56.0 cm³/mol. The molecule has 0 radical (unpaired) electrons. The van der Waals surface area contributed by atoms with Crippen LogP contribution >= 0.6 is 0 Å². The second kappa shape index (κ2) is 3.95. The number of primary amides is 1. The van der Waals surface area contributed by atoms with Crippen LogP contribution in [0, 0.1) is 0 Å². The molecule has 0 aromatic carbocycles. The van der Waals surface area contributed by atoms with Gasteiger partial charge in [0.25, 0.3) is 0 Å². The maximum Gasteiger partial charge on any atom is 0.246 e. The van der Waals surface area contributed by atoms with Gasteiger partial charge < -0.3 is 5.73 Å². The molecule has 0 aromatic rings. The van der Waals surface area contributed by atoms with Gasteiger partial charge in [-0.15, -0.1) is 0 Å². The van der Waals surface area contributed by atoms with Crippen molar-refractivity contribution in [2.24, 2.45) is 10.7 Å². The second-order valence-corrected chi connectivity index (χ2v) is 4.03. The summed E-state index contributed by atoms with van der Waals surface area (Å²) in [6.45, 7) is 0. The number of amides is 1. The summed E-state index contributed by atoms with van der Waals surface area (Å²) in [6.07, 6.45) is 7.49. The zero-order chi connectivity index (χ0) is 9.97. The van der Waals surface area contributed by atoms with Crippen LogP contribution in [0.4, 0.5) is 0 Å². The summed E-state index contributed by atoms with van der Waals surface area (Å²) in [7, 11) is 0. The number of hydrogen-bond donors (Lipinski definition) is 1. The number of nitrogens with two attached hydrogens (primary N) is 1. The van der Waals surface area contributed by atoms with E-state index in [2.05, 4.69) is 4.99 Å². The molecule has 1 fully saturated rings. The normalized spacial score (nSPS) is 21.9. The molecule has 1 saturated carbocycles. The maximum atomic E-state index is 11.1. The Labute approximate surface area is 84.1 Å². The van der Waals surface area contributed by atoms with Gasteiger partial charge in [0.15, 0.2) is 0 Å². The van der Waals surface area contributed by atoms with Gasteiger partial charge in [-0.05, 0) is 44.9 Å². The molecular weight excluding hydrogens is 176 g/mol. The van der Waals surface area contributed by atoms with E-state index in [0.29, 0.717) is 0 Å². The number of carbonyl (C=O) groups excluding carboxylic acids is 1. The molecular formula is C11H16N2O. The van der Waals surface area contributed by atoms with Crippen molar-refractivity contribution in [1.29, 1.82) is 0 Å². The second-order valence-electron chi connectivity index (χ2n) is 4.03. The molecule has 0 unspecified atom stereocenters. The van der Waals surface area contributed by atoms with Crippen LogP contribution < -0.4 is 5.73 Å². The first kappa shape index (κ1) is 9.44. The summed E-state index contributed by atoms with van der Waals surface area (Å²) >= 11 is 0. The zero-order valence-electron chi connectivity index (χ0n) is 8.38. The van der Waals surface area contributed by atoms with E-state index in [9.17, 15) is 4.79 Å². The lowest BCUT2D eigenvalue weighted by atomic mass is 10.2. The van der Waals surface area contributed by atoms with Gasteiger partial charge in [-0.3, -0.25) is 9.79 Å². The Morgan fingerprint density at radius 3 is 2.43 bits per heavy atom. The van der Waals surface area contributed by atoms with E-state index in [4.69, 9.17) is 5.73 Å². The summed E-state index contributed by atoms with van der Waals surface area (Å²) in [5, 5.41) is 0. The highest BCUT2D eigenvalue weighted by molar-refractivity contribution is 5.94. The Hall–Kier alpha value is -1.12. The molecule has 1 amide bonds. The van der Waals surface area contributed by atoms with E-state index in [1.54, 1.807) is 0 Å². The molecule has 3 heteroatoms. The van der Waals surface area contributed by atoms with Crippen molar-refractivity contribution in [2.75, 3.05) is 0 Å². The van der Waals surface area contributed by atoms with Gasteiger partial charge in [0.05, 0.1) is 0 Å². The van der Waals surface area contributed by atoms with Gasteiger partial charge in [0.2, 0.25) is 5.91 Å². The van der Waals surface area contributed by atoms with E-state index in [1.165, 1.54) is 18.6 Å². The van der Waals surface area contributed by atoms with Gasteiger partial charge in [-0.25, -0.2) is 0 Å². The highest BCUT2D eigenvalue weighted by atomic mass is 16.1. The monoisotopic (exact) mass is 192 g/mol. The first-order chi connectivity index (χ1) is 6.77. The molecule has 2 aliphatic carbocycles. The smallest absolute Gasteiger partial charge is 0.246 e. The van der Waals surface area contributed by atoms with Crippen LogP contribution in [0.25, 0.3) is 0 Å². The van der Waals surface area contributed by atoms with Gasteiger partial charge >= 0.3 is 0 Å². The van der Waals surface area contributed by atoms with Gasteiger partial charge in [0.1, 0.15) is 0 Å². The first-order valence-corrected chi connectivity index (χ1v) is 5.35. The fourth-order valence-electron chi connectivity index (χ4n) is 2.20. The number of aliphatic imine (C=N–C) groups is 1. The van der Waals surface area contributed by atoms with Crippen molar-refractivity contribution in [1.82, 2.24) is 0 Å². The molecule has 2 N–H and O–H groups in total. The van der Waals surface area contributed by atoms with Crippen LogP contribution in [-0.4, -0.2) is 11.6 Å². The third kappa shape index (κ3) is 1.86. The Bertz CT molecular complexity index is 307. The van der Waals surface area contributed by atoms with Crippen LogP contribution in [0.5, 0.6) is 0 Å². The zero-order valence-corrected chi connectivity index (χ0v) is 8.38. The average Bonchev–Trinajstić information content (AvgIpc) is 2.75. The Kier molecular flexibility index (Phi) is 2.66. The van der Waals surface area contributed by atoms with Crippen molar-refractivity contribution < 1.29 is 4.79 Å². The average molecular weight is 192 g/mol. The molecule has 0 aliphatic heterocycles. The van der Waals surface area contributed by atoms with E-state index in [-0.39, 0.29) is 5.91 Å². The summed E-state index contributed by atoms with van der Waals surface area (Å²) in [5.41, 5.74) is 8.30. The standard InChI is InChI=1S/C11H16N2O/c12-11(14)9-6-3-7-10(9)13-8-4-1-2-5-8/h1-7H2,(H2,12,14). The number of carbonyl (C=O) groups is 1. The molecule has 0 atom stereocenters. The molecule has 14 heavy (non-hydrogen) atoms. The Morgan fingerprint density at radius 1 is 1.07 bits per heavy atom. The lowest BCUT2D eigenvalue weighted by molar-refractivity contribution is -0.114. The maximum absolute atomic E-state index is 11.1. The van der Waals surface area contributed by atoms with Crippen LogP contribution in [0.2, 0.25) is 0 Å². The fourth-order valence-corrected chi connectivity index (χ4v) is 2.20. The highest BCUT2D eigenvalue weighted by Crippen LogP contribution is 2.28. The number of hydrogen-bond acceptors (Lipinski definition) is 2. The van der Waals surface area contributed by atoms with Crippen molar-refractivity contribution in [3.8, 4) is 0 Å². The Balaban J connectivity index is 2.19. The molecule has 0 heterocycles. The predicted octanol–water partition coefficient (Wildman–Crippen LogP) is 1.92. The van der Waals surface area contributed by atoms with E-state index >= 15 is 0 Å². The third-order valence-corrected chi connectivity index (χ3v) is 2.96. The van der Waals surface area contributed by atoms with Crippen LogP contribution in [0.1, 0.15) is 44.9 Å². The van der Waals surface area contributed by atoms with E-state index in [0.717, 1.165) is 43.4 Å². The lowest BCUT2D eigenvalue weighted by Gasteiger charge is -2.00. The minimum Gasteiger partial charge on any atom is -0.366 e. The highest BCUT2D eigenvalue weighted by Gasteiger charge is 2.19. The van der Waals surface area contributed by atoms with E-state index in [1.807, 2.05) is 0 Å². The summed E-state index contributed by atoms with van der Waals surface area (Å²) in [6, 6.07) is 0. The van der Waals surface area contributed by atoms with Gasteiger partial charge in [-0.2, -0.15) is 0 Å². The van der Waals surface area contributed by atoms with Crippen molar-refractivity contribution in [3.63, 3.8) is 0 Å². The number of rotatable bonds is 2. The first-order valence-electron chi connectivity index (χ1n) is 5.35. The molecule has 76 valence electrons. The van der Waals surface area contributed by atoms with E-state index < -0.39 is 0 Å². The molecule has 0 bridgehead atoms. The fraction of sp³-hybridized carbons (Fsp3) is 0.636. The molecule has 0 aromatic heterocycles. The summed E-state index contributed by atoms with van der Waals surface area (Å²) < 4.78 is 0. The summed E-state index contributed by atoms with van der Waals surface area (Å²) in [5.74, 6) is -0.278. The largest absolute Gasteiger partial charge is 0.366 e. The molecule has 0 saturated heterocycles. The topological polar surface area (TPSA) is 55.5 Å². The molecule has 3 nitrogen and oxygen atoms in total. The third-order valence-electron chi connectivity index (χ3n) is 2.96. The van der Waals surface area contributed by atoms with Crippen molar-refractivity contribution in [3.05, 3.63) is 11.3 Å². The van der Waals surface area contributed by atoms with Crippen molar-refractivity contribution >= 4 is 11.6 Å². The lowest BCUT2D eigenvalue weighted by Crippen LogP contribution is -2.13. The molecule has 2 rings (SSSR count). The van der Waals surface area contributed by atoms with Crippen LogP contribution in [-0.2, 0) is 4.79 Å². The Morgan fingerprint density at radius 2 is 1.79 bits per heavy atom.